The van der Waals surface area contributed by atoms with Gasteiger partial charge in [-0.15, -0.1) is 6.58 Å². The van der Waals surface area contributed by atoms with Gasteiger partial charge in [-0.05, 0) is 30.4 Å². The molecule has 0 aromatic heterocycles. The topological polar surface area (TPSA) is 232 Å². The molecule has 218 valence electrons. The van der Waals surface area contributed by atoms with Gasteiger partial charge in [0, 0.05) is 0 Å². The van der Waals surface area contributed by atoms with Gasteiger partial charge in [-0.3, -0.25) is 19.2 Å². The summed E-state index contributed by atoms with van der Waals surface area (Å²) >= 11 is 1.50. The molecule has 39 heavy (non-hydrogen) atoms. The Morgan fingerprint density at radius 3 is 2.18 bits per heavy atom. The fourth-order valence-corrected chi connectivity index (χ4v) is 4.01. The van der Waals surface area contributed by atoms with Crippen molar-refractivity contribution >= 4 is 35.5 Å². The maximum atomic E-state index is 12.8. The van der Waals surface area contributed by atoms with Gasteiger partial charge in [0.05, 0.1) is 31.2 Å². The van der Waals surface area contributed by atoms with Gasteiger partial charge < -0.3 is 47.2 Å². The second kappa shape index (κ2) is 17.6. The average molecular weight is 571 g/mol. The highest BCUT2D eigenvalue weighted by molar-refractivity contribution is 7.98. The van der Waals surface area contributed by atoms with Gasteiger partial charge in [0.25, 0.3) is 5.91 Å². The molecule has 3 amide bonds. The van der Waals surface area contributed by atoms with Crippen molar-refractivity contribution in [3.05, 3.63) is 48.6 Å². The predicted octanol–water partition coefficient (Wildman–Crippen LogP) is -1.98. The third kappa shape index (κ3) is 11.3. The quantitative estimate of drug-likeness (QED) is 0.0878. The summed E-state index contributed by atoms with van der Waals surface area (Å²) in [6.07, 6.45) is -3.40. The fourth-order valence-electron chi connectivity index (χ4n) is 3.52. The number of aliphatic hydroxyl groups is 4. The summed E-state index contributed by atoms with van der Waals surface area (Å²) in [5, 5.41) is 57.3. The lowest BCUT2D eigenvalue weighted by molar-refractivity contribution is -0.145. The van der Waals surface area contributed by atoms with Gasteiger partial charge >= 0.3 is 5.97 Å². The number of rotatable bonds is 18. The number of amides is 3. The molecule has 0 saturated heterocycles. The van der Waals surface area contributed by atoms with Crippen LogP contribution in [0.4, 0.5) is 0 Å². The number of nitrogens with two attached hydrogens (primary N) is 1. The first-order valence-corrected chi connectivity index (χ1v) is 13.5. The van der Waals surface area contributed by atoms with Crippen molar-refractivity contribution in [2.75, 3.05) is 18.6 Å². The summed E-state index contributed by atoms with van der Waals surface area (Å²) in [4.78, 5) is 49.0. The first kappa shape index (κ1) is 34.0. The van der Waals surface area contributed by atoms with Crippen LogP contribution in [0, 0.1) is 0 Å². The van der Waals surface area contributed by atoms with E-state index in [1.165, 1.54) is 17.8 Å². The van der Waals surface area contributed by atoms with E-state index < -0.39 is 79.2 Å². The Labute approximate surface area is 230 Å². The van der Waals surface area contributed by atoms with Crippen LogP contribution in [-0.4, -0.2) is 104 Å². The minimum atomic E-state index is -2.25. The summed E-state index contributed by atoms with van der Waals surface area (Å²) in [5.41, 5.74) is 6.26. The largest absolute Gasteiger partial charge is 0.481 e. The van der Waals surface area contributed by atoms with Gasteiger partial charge in [-0.2, -0.15) is 11.8 Å². The van der Waals surface area contributed by atoms with E-state index in [2.05, 4.69) is 22.5 Å². The van der Waals surface area contributed by atoms with Crippen molar-refractivity contribution in [3.63, 3.8) is 0 Å². The van der Waals surface area contributed by atoms with Gasteiger partial charge in [-0.25, -0.2) is 0 Å². The number of hydrogen-bond acceptors (Lipinski definition) is 10. The number of carbonyl (C=O) groups is 4. The second-order valence-corrected chi connectivity index (χ2v) is 9.75. The molecular formula is C25H38N4O9S. The predicted molar refractivity (Wildman–Crippen MR) is 144 cm³/mol. The molecule has 0 aliphatic heterocycles. The summed E-state index contributed by atoms with van der Waals surface area (Å²) in [7, 11) is 0. The molecule has 0 fully saturated rings. The van der Waals surface area contributed by atoms with Gasteiger partial charge in [0.1, 0.15) is 18.2 Å². The van der Waals surface area contributed by atoms with E-state index in [0.29, 0.717) is 17.7 Å². The van der Waals surface area contributed by atoms with Gasteiger partial charge in [0.2, 0.25) is 11.8 Å². The molecule has 0 heterocycles. The Balaban J connectivity index is 2.89. The number of aliphatic hydroxyl groups excluding tert-OH is 4. The number of carboxylic acid groups (broad SMARTS) is 1. The van der Waals surface area contributed by atoms with Crippen LogP contribution in [0.15, 0.2) is 43.0 Å². The monoisotopic (exact) mass is 570 g/mol. The average Bonchev–Trinajstić information content (AvgIpc) is 2.92. The van der Waals surface area contributed by atoms with E-state index in [1.807, 2.05) is 6.26 Å². The van der Waals surface area contributed by atoms with Crippen LogP contribution >= 0.6 is 11.8 Å². The highest BCUT2D eigenvalue weighted by atomic mass is 32.2. The number of aliphatic carboxylic acids is 1. The Morgan fingerprint density at radius 2 is 1.64 bits per heavy atom. The van der Waals surface area contributed by atoms with Gasteiger partial charge in [0.15, 0.2) is 6.10 Å². The molecular weight excluding hydrogens is 532 g/mol. The molecule has 7 atom stereocenters. The van der Waals surface area contributed by atoms with Crippen LogP contribution < -0.4 is 21.7 Å². The summed E-state index contributed by atoms with van der Waals surface area (Å²) in [5.74, 6) is -3.21. The minimum absolute atomic E-state index is 0.0148. The van der Waals surface area contributed by atoms with Crippen LogP contribution in [0.2, 0.25) is 0 Å². The van der Waals surface area contributed by atoms with Crippen molar-refractivity contribution in [1.82, 2.24) is 16.0 Å². The standard InChI is InChI=1S/C25H38N4O9S/c1-3-7-16(27-23(36)15(26)10-11-39-2)24(37)29-18(13-30)20(33)21(34)22(35)25(38)28-17(12-19(31)32)14-8-5-4-6-9-14/h3-6,8-9,15-18,20-22,30,33-35H,1,7,10-13,26H2,2H3,(H,27,36)(H,28,38)(H,29,37)(H,31,32)/t15-,16-,17-,18-,20+,21+,22-/m0/s1. The molecule has 0 aliphatic rings. The van der Waals surface area contributed by atoms with Crippen LogP contribution in [0.5, 0.6) is 0 Å². The van der Waals surface area contributed by atoms with Crippen LogP contribution in [0.25, 0.3) is 0 Å². The number of carbonyl (C=O) groups excluding carboxylic acids is 3. The molecule has 1 rings (SSSR count). The fraction of sp³-hybridized carbons (Fsp3) is 0.520. The van der Waals surface area contributed by atoms with E-state index >= 15 is 0 Å². The number of benzene rings is 1. The van der Waals surface area contributed by atoms with Crippen LogP contribution in [0.1, 0.15) is 30.9 Å². The molecule has 14 heteroatoms. The molecule has 1 aromatic carbocycles. The van der Waals surface area contributed by atoms with E-state index in [0.717, 1.165) is 0 Å². The zero-order valence-corrected chi connectivity index (χ0v) is 22.4. The number of carboxylic acids is 1. The third-order valence-corrected chi connectivity index (χ3v) is 6.42. The third-order valence-electron chi connectivity index (χ3n) is 5.78. The zero-order chi connectivity index (χ0) is 29.5. The van der Waals surface area contributed by atoms with Crippen molar-refractivity contribution in [2.45, 2.75) is 61.7 Å². The molecule has 0 spiro atoms. The summed E-state index contributed by atoms with van der Waals surface area (Å²) < 4.78 is 0. The number of nitrogens with one attached hydrogen (secondary N) is 3. The lowest BCUT2D eigenvalue weighted by atomic mass is 9.98. The Kier molecular flexibility index (Phi) is 15.3. The molecule has 0 radical (unpaired) electrons. The first-order valence-electron chi connectivity index (χ1n) is 12.1. The molecule has 10 N–H and O–H groups in total. The molecule has 0 bridgehead atoms. The molecule has 0 unspecified atom stereocenters. The number of thioether (sulfide) groups is 1. The zero-order valence-electron chi connectivity index (χ0n) is 21.6. The van der Waals surface area contributed by atoms with Crippen molar-refractivity contribution in [1.29, 1.82) is 0 Å². The lowest BCUT2D eigenvalue weighted by Gasteiger charge is -2.30. The van der Waals surface area contributed by atoms with Crippen LogP contribution in [0.3, 0.4) is 0 Å². The highest BCUT2D eigenvalue weighted by Crippen LogP contribution is 2.17. The second-order valence-electron chi connectivity index (χ2n) is 8.77. The lowest BCUT2D eigenvalue weighted by Crippen LogP contribution is -2.59. The summed E-state index contributed by atoms with van der Waals surface area (Å²) in [6.45, 7) is 2.64. The maximum absolute atomic E-state index is 12.8. The smallest absolute Gasteiger partial charge is 0.305 e. The summed E-state index contributed by atoms with van der Waals surface area (Å²) in [6, 6.07) is 3.44. The minimum Gasteiger partial charge on any atom is -0.481 e. The Morgan fingerprint density at radius 1 is 1.00 bits per heavy atom. The first-order chi connectivity index (χ1) is 18.5. The van der Waals surface area contributed by atoms with Crippen LogP contribution in [-0.2, 0) is 19.2 Å². The van der Waals surface area contributed by atoms with Crippen molar-refractivity contribution < 1.29 is 44.7 Å². The van der Waals surface area contributed by atoms with E-state index in [9.17, 15) is 44.7 Å². The SMILES string of the molecule is C=CC[C@H](NC(=O)[C@@H](N)CCSC)C(=O)N[C@@H](CO)[C@@H](O)[C@@H](O)[C@H](O)C(=O)N[C@@H](CC(=O)O)c1ccccc1. The maximum Gasteiger partial charge on any atom is 0.305 e. The van der Waals surface area contributed by atoms with E-state index in [4.69, 9.17) is 5.73 Å². The van der Waals surface area contributed by atoms with E-state index in [-0.39, 0.29) is 6.42 Å². The molecule has 0 aliphatic carbocycles. The molecule has 13 nitrogen and oxygen atoms in total. The highest BCUT2D eigenvalue weighted by Gasteiger charge is 2.37. The van der Waals surface area contributed by atoms with E-state index in [1.54, 1.807) is 30.3 Å². The molecule has 0 saturated carbocycles. The van der Waals surface area contributed by atoms with Crippen molar-refractivity contribution in [3.8, 4) is 0 Å². The molecule has 1 aromatic rings. The van der Waals surface area contributed by atoms with Crippen molar-refractivity contribution in [2.24, 2.45) is 5.73 Å². The Hall–Kier alpha value is -3.01. The Bertz CT molecular complexity index is 953. The number of hydrogen-bond donors (Lipinski definition) is 9. The van der Waals surface area contributed by atoms with Gasteiger partial charge in [-0.1, -0.05) is 36.4 Å². The normalized spacial score (nSPS) is 16.5.